The van der Waals surface area contributed by atoms with E-state index in [2.05, 4.69) is 45.9 Å². The van der Waals surface area contributed by atoms with Crippen LogP contribution in [-0.4, -0.2) is 115 Å². The van der Waals surface area contributed by atoms with Crippen LogP contribution in [0, 0.1) is 0 Å². The summed E-state index contributed by atoms with van der Waals surface area (Å²) in [5.41, 5.74) is 7.91. The number of allylic oxidation sites excluding steroid dienone is 2. The van der Waals surface area contributed by atoms with Gasteiger partial charge in [-0.15, -0.1) is 0 Å². The number of halogens is 5. The Hall–Kier alpha value is -5.46. The van der Waals surface area contributed by atoms with Crippen LogP contribution >= 0.6 is 15.9 Å². The van der Waals surface area contributed by atoms with Crippen molar-refractivity contribution >= 4 is 61.2 Å². The first-order valence-electron chi connectivity index (χ1n) is 20.0. The lowest BCUT2D eigenvalue weighted by atomic mass is 10.1. The Morgan fingerprint density at radius 3 is 1.66 bits per heavy atom. The van der Waals surface area contributed by atoms with Crippen molar-refractivity contribution in [1.82, 2.24) is 39.3 Å². The van der Waals surface area contributed by atoms with Gasteiger partial charge in [0.2, 0.25) is 0 Å². The van der Waals surface area contributed by atoms with Crippen molar-refractivity contribution in [3.63, 3.8) is 0 Å². The first-order valence-corrected chi connectivity index (χ1v) is 20.8. The monoisotopic (exact) mass is 912 g/mol. The van der Waals surface area contributed by atoms with E-state index in [-0.39, 0.29) is 12.2 Å². The van der Waals surface area contributed by atoms with E-state index in [4.69, 9.17) is 9.47 Å². The predicted molar refractivity (Wildman–Crippen MR) is 226 cm³/mol. The number of fused-ring (bicyclic) bond motifs is 2. The highest BCUT2D eigenvalue weighted by Crippen LogP contribution is 2.45. The first-order chi connectivity index (χ1) is 28.8. The Labute approximate surface area is 359 Å². The van der Waals surface area contributed by atoms with Gasteiger partial charge in [0.25, 0.3) is 0 Å². The summed E-state index contributed by atoms with van der Waals surface area (Å²) >= 11 is 3.68. The van der Waals surface area contributed by atoms with Gasteiger partial charge in [-0.1, -0.05) is 0 Å². The fraction of sp³-hybridized carbons (Fsp3) is 0.476. The van der Waals surface area contributed by atoms with Gasteiger partial charge in [-0.25, -0.2) is 19.0 Å². The summed E-state index contributed by atoms with van der Waals surface area (Å²) in [6.07, 6.45) is 11.7. The van der Waals surface area contributed by atoms with Crippen LogP contribution in [0.25, 0.3) is 21.7 Å². The third-order valence-corrected chi connectivity index (χ3v) is 11.3. The van der Waals surface area contributed by atoms with Crippen molar-refractivity contribution in [3.8, 4) is 0 Å². The Morgan fingerprint density at radius 1 is 0.672 bits per heavy atom. The average Bonchev–Trinajstić information content (AvgIpc) is 4.03. The number of carbonyl (C=O) groups excluding carboxylic acids is 2. The maximum Gasteiger partial charge on any atom is 0.410 e. The number of rotatable bonds is 6. The van der Waals surface area contributed by atoms with Crippen LogP contribution in [0.1, 0.15) is 88.3 Å². The maximum absolute atomic E-state index is 12.9. The molecule has 0 radical (unpaired) electrons. The molecule has 0 saturated carbocycles. The molecule has 0 N–H and O–H groups in total. The molecule has 0 bridgehead atoms. The Morgan fingerprint density at radius 2 is 1.15 bits per heavy atom. The highest BCUT2D eigenvalue weighted by Gasteiger charge is 2.32. The quantitative estimate of drug-likeness (QED) is 0.174. The molecule has 4 aliphatic rings. The Kier molecular flexibility index (Phi) is 12.5. The SMILES string of the molecule is CC(C)(C)OC(=O)N1CCN(c2ccnc3c2C(Br)=C(c2cnn(C(F)F)c2)C3)CC1.CC(C)(C)OC(=O)N1CCN(c2ccnc3c2C=C(c2cnn(C(F)F)c2)C3)CC1. The van der Waals surface area contributed by atoms with Gasteiger partial charge in [-0.05, 0) is 86.8 Å². The molecule has 6 heterocycles. The molecule has 0 unspecified atom stereocenters. The van der Waals surface area contributed by atoms with E-state index in [1.54, 1.807) is 22.2 Å². The Balaban J connectivity index is 0.000000184. The van der Waals surface area contributed by atoms with E-state index < -0.39 is 24.3 Å². The highest BCUT2D eigenvalue weighted by molar-refractivity contribution is 9.15. The second kappa shape index (κ2) is 17.5. The molecule has 0 atom stereocenters. The predicted octanol–water partition coefficient (Wildman–Crippen LogP) is 8.38. The van der Waals surface area contributed by atoms with Crippen molar-refractivity contribution in [1.29, 1.82) is 0 Å². The molecule has 61 heavy (non-hydrogen) atoms. The third-order valence-electron chi connectivity index (χ3n) is 10.4. The summed E-state index contributed by atoms with van der Waals surface area (Å²) in [7, 11) is 0. The average molecular weight is 914 g/mol. The van der Waals surface area contributed by atoms with Crippen LogP contribution in [0.3, 0.4) is 0 Å². The van der Waals surface area contributed by atoms with Crippen LogP contribution < -0.4 is 9.80 Å². The molecular formula is C42H49BrF4N10O4. The molecule has 2 aliphatic carbocycles. The second-order valence-electron chi connectivity index (χ2n) is 17.0. The number of pyridine rings is 2. The van der Waals surface area contributed by atoms with Crippen molar-refractivity contribution < 1.29 is 36.6 Å². The zero-order valence-electron chi connectivity index (χ0n) is 34.9. The summed E-state index contributed by atoms with van der Waals surface area (Å²) in [5.74, 6) is 0. The minimum atomic E-state index is -2.67. The number of hydrogen-bond donors (Lipinski definition) is 0. The molecule has 8 rings (SSSR count). The second-order valence-corrected chi connectivity index (χ2v) is 17.8. The van der Waals surface area contributed by atoms with Crippen molar-refractivity contribution in [2.75, 3.05) is 62.2 Å². The number of hydrogen-bond acceptors (Lipinski definition) is 10. The molecule has 2 fully saturated rings. The number of anilines is 2. The van der Waals surface area contributed by atoms with Gasteiger partial charge in [-0.3, -0.25) is 9.97 Å². The van der Waals surface area contributed by atoms with Crippen LogP contribution in [0.2, 0.25) is 0 Å². The normalized spacial score (nSPS) is 16.8. The van der Waals surface area contributed by atoms with E-state index in [1.807, 2.05) is 59.8 Å². The summed E-state index contributed by atoms with van der Waals surface area (Å²) in [4.78, 5) is 41.5. The van der Waals surface area contributed by atoms with Crippen LogP contribution in [0.5, 0.6) is 0 Å². The molecule has 2 amide bonds. The molecular weight excluding hydrogens is 864 g/mol. The number of ether oxygens (including phenoxy) is 2. The van der Waals surface area contributed by atoms with Gasteiger partial charge < -0.3 is 29.1 Å². The molecule has 14 nitrogen and oxygen atoms in total. The van der Waals surface area contributed by atoms with Crippen LogP contribution in [-0.2, 0) is 22.3 Å². The number of aromatic nitrogens is 6. The van der Waals surface area contributed by atoms with E-state index in [9.17, 15) is 27.2 Å². The van der Waals surface area contributed by atoms with Crippen molar-refractivity contribution in [2.45, 2.75) is 78.7 Å². The van der Waals surface area contributed by atoms with Crippen LogP contribution in [0.4, 0.5) is 38.5 Å². The minimum absolute atomic E-state index is 0.291. The van der Waals surface area contributed by atoms with Gasteiger partial charge >= 0.3 is 25.3 Å². The minimum Gasteiger partial charge on any atom is -0.444 e. The van der Waals surface area contributed by atoms with Gasteiger partial charge in [0.05, 0.1) is 23.8 Å². The molecule has 4 aromatic heterocycles. The molecule has 0 spiro atoms. The molecule has 2 aliphatic heterocycles. The molecule has 4 aromatic rings. The zero-order valence-corrected chi connectivity index (χ0v) is 36.5. The fourth-order valence-corrected chi connectivity index (χ4v) is 8.35. The van der Waals surface area contributed by atoms with Gasteiger partial charge in [0, 0.05) is 128 Å². The van der Waals surface area contributed by atoms with Gasteiger partial charge in [0.15, 0.2) is 0 Å². The van der Waals surface area contributed by atoms with E-state index in [1.165, 1.54) is 24.8 Å². The van der Waals surface area contributed by atoms with Crippen molar-refractivity contribution in [2.24, 2.45) is 0 Å². The lowest BCUT2D eigenvalue weighted by Gasteiger charge is -2.37. The third kappa shape index (κ3) is 10.0. The standard InChI is InChI=1S/C21H24BrF2N5O2.C21H25F2N5O2/c1-21(2,3)31-20(30)28-8-6-27(7-9-28)16-4-5-25-15-10-14(18(22)17(15)16)13-11-26-29(12-13)19(23)24;1-21(2,3)30-20(29)27-8-6-26(7-9-27)18-4-5-24-17-11-14(10-16(17)18)15-12-25-28(13-15)19(22)23/h4-5,11-12,19H,6-10H2,1-3H3;4-5,10,12-13,19H,6-9,11H2,1-3H3. The molecule has 326 valence electrons. The molecule has 2 saturated heterocycles. The Bertz CT molecular complexity index is 2320. The number of nitrogens with zero attached hydrogens (tertiary/aromatic N) is 10. The van der Waals surface area contributed by atoms with E-state index in [0.29, 0.717) is 85.7 Å². The smallest absolute Gasteiger partial charge is 0.410 e. The highest BCUT2D eigenvalue weighted by atomic mass is 79.9. The molecule has 19 heteroatoms. The van der Waals surface area contributed by atoms with Gasteiger partial charge in [-0.2, -0.15) is 27.8 Å². The lowest BCUT2D eigenvalue weighted by molar-refractivity contribution is 0.0230. The summed E-state index contributed by atoms with van der Waals surface area (Å²) in [6.45, 7) is 10.8. The van der Waals surface area contributed by atoms with E-state index in [0.717, 1.165) is 49.5 Å². The topological polar surface area (TPSA) is 127 Å². The summed E-state index contributed by atoms with van der Waals surface area (Å²) < 4.78 is 64.6. The number of alkyl halides is 4. The number of carbonyl (C=O) groups is 2. The van der Waals surface area contributed by atoms with Gasteiger partial charge in [0.1, 0.15) is 11.2 Å². The lowest BCUT2D eigenvalue weighted by Crippen LogP contribution is -2.50. The van der Waals surface area contributed by atoms with Crippen molar-refractivity contribution in [3.05, 3.63) is 83.0 Å². The fourth-order valence-electron chi connectivity index (χ4n) is 7.55. The largest absolute Gasteiger partial charge is 0.444 e. The number of piperazine rings is 2. The number of amides is 2. The maximum atomic E-state index is 12.9. The molecule has 0 aromatic carbocycles. The van der Waals surface area contributed by atoms with E-state index >= 15 is 0 Å². The zero-order chi connectivity index (χ0) is 43.8. The summed E-state index contributed by atoms with van der Waals surface area (Å²) in [5, 5.41) is 7.48. The summed E-state index contributed by atoms with van der Waals surface area (Å²) in [6, 6.07) is 3.92. The van der Waals surface area contributed by atoms with Crippen LogP contribution in [0.15, 0.2) is 49.3 Å². The first kappa shape index (κ1) is 43.6.